The molecule has 146 valence electrons. The molecule has 0 bridgehead atoms. The number of nitrogens with zero attached hydrogens (tertiary/aromatic N) is 1. The van der Waals surface area contributed by atoms with E-state index in [2.05, 4.69) is 5.32 Å². The standard InChI is InChI=1S/C19H18N2O7/c1-12(22)13-6-7-17(27-2)14(8-13)9-19(24)28-11-18(23)20-15-4-3-5-16(10-15)21(25)26/h3-8,10H,9,11H2,1-2H3,(H,20,23). The van der Waals surface area contributed by atoms with Crippen LogP contribution in [0.2, 0.25) is 0 Å². The molecule has 0 radical (unpaired) electrons. The van der Waals surface area contributed by atoms with Crippen LogP contribution < -0.4 is 10.1 Å². The van der Waals surface area contributed by atoms with E-state index in [-0.39, 0.29) is 23.6 Å². The van der Waals surface area contributed by atoms with Crippen molar-refractivity contribution >= 4 is 29.0 Å². The lowest BCUT2D eigenvalue weighted by Gasteiger charge is -2.10. The lowest BCUT2D eigenvalue weighted by atomic mass is 10.0. The molecule has 0 fully saturated rings. The molecule has 9 heteroatoms. The van der Waals surface area contributed by atoms with Crippen LogP contribution in [0.1, 0.15) is 22.8 Å². The number of anilines is 1. The summed E-state index contributed by atoms with van der Waals surface area (Å²) < 4.78 is 10.1. The molecule has 2 rings (SSSR count). The third kappa shape index (κ3) is 5.63. The highest BCUT2D eigenvalue weighted by atomic mass is 16.6. The Morgan fingerprint density at radius 1 is 1.14 bits per heavy atom. The van der Waals surface area contributed by atoms with Gasteiger partial charge in [-0.1, -0.05) is 6.07 Å². The van der Waals surface area contributed by atoms with Gasteiger partial charge in [-0.2, -0.15) is 0 Å². The monoisotopic (exact) mass is 386 g/mol. The first-order valence-corrected chi connectivity index (χ1v) is 8.18. The number of benzene rings is 2. The van der Waals surface area contributed by atoms with E-state index in [4.69, 9.17) is 9.47 Å². The highest BCUT2D eigenvalue weighted by Crippen LogP contribution is 2.21. The fourth-order valence-corrected chi connectivity index (χ4v) is 2.38. The quantitative estimate of drug-likeness (QED) is 0.320. The molecule has 9 nitrogen and oxygen atoms in total. The van der Waals surface area contributed by atoms with E-state index >= 15 is 0 Å². The van der Waals surface area contributed by atoms with Gasteiger partial charge in [-0.05, 0) is 31.2 Å². The summed E-state index contributed by atoms with van der Waals surface area (Å²) in [6, 6.07) is 10.1. The van der Waals surface area contributed by atoms with Gasteiger partial charge in [-0.25, -0.2) is 0 Å². The van der Waals surface area contributed by atoms with Crippen molar-refractivity contribution in [2.75, 3.05) is 19.0 Å². The van der Waals surface area contributed by atoms with Gasteiger partial charge in [0.05, 0.1) is 18.5 Å². The molecule has 0 aliphatic carbocycles. The van der Waals surface area contributed by atoms with Gasteiger partial charge in [0.15, 0.2) is 12.4 Å². The number of methoxy groups -OCH3 is 1. The number of nitrogens with one attached hydrogen (secondary N) is 1. The van der Waals surface area contributed by atoms with Crippen molar-refractivity contribution in [1.82, 2.24) is 0 Å². The number of non-ortho nitro benzene ring substituents is 1. The van der Waals surface area contributed by atoms with Crippen molar-refractivity contribution < 1.29 is 28.8 Å². The summed E-state index contributed by atoms with van der Waals surface area (Å²) in [5.41, 5.74) is 0.921. The van der Waals surface area contributed by atoms with E-state index in [0.29, 0.717) is 16.9 Å². The Labute approximate surface area is 160 Å². The van der Waals surface area contributed by atoms with Gasteiger partial charge >= 0.3 is 5.97 Å². The number of nitro groups is 1. The lowest BCUT2D eigenvalue weighted by molar-refractivity contribution is -0.384. The van der Waals surface area contributed by atoms with Crippen molar-refractivity contribution in [3.8, 4) is 5.75 Å². The average Bonchev–Trinajstić information content (AvgIpc) is 2.66. The van der Waals surface area contributed by atoms with Crippen molar-refractivity contribution in [3.05, 3.63) is 63.7 Å². The molecule has 0 aromatic heterocycles. The highest BCUT2D eigenvalue weighted by Gasteiger charge is 2.14. The Balaban J connectivity index is 1.94. The largest absolute Gasteiger partial charge is 0.496 e. The van der Waals surface area contributed by atoms with Gasteiger partial charge in [0.1, 0.15) is 5.75 Å². The number of carbonyl (C=O) groups excluding carboxylic acids is 3. The molecule has 2 aromatic carbocycles. The van der Waals surface area contributed by atoms with Crippen LogP contribution in [0.3, 0.4) is 0 Å². The van der Waals surface area contributed by atoms with Gasteiger partial charge in [0.2, 0.25) is 0 Å². The second kappa shape index (κ2) is 9.26. The topological polar surface area (TPSA) is 125 Å². The van der Waals surface area contributed by atoms with Crippen LogP contribution in [0.4, 0.5) is 11.4 Å². The Bertz CT molecular complexity index is 924. The highest BCUT2D eigenvalue weighted by molar-refractivity contribution is 5.95. The van der Waals surface area contributed by atoms with Gasteiger partial charge in [-0.15, -0.1) is 0 Å². The smallest absolute Gasteiger partial charge is 0.310 e. The molecule has 0 heterocycles. The molecule has 0 atom stereocenters. The summed E-state index contributed by atoms with van der Waals surface area (Å²) in [5, 5.41) is 13.2. The minimum absolute atomic E-state index is 0.159. The lowest BCUT2D eigenvalue weighted by Crippen LogP contribution is -2.21. The second-order valence-corrected chi connectivity index (χ2v) is 5.78. The molecule has 0 aliphatic rings. The Hall–Kier alpha value is -3.75. The Morgan fingerprint density at radius 3 is 2.54 bits per heavy atom. The number of carbonyl (C=O) groups is 3. The minimum Gasteiger partial charge on any atom is -0.496 e. The van der Waals surface area contributed by atoms with E-state index < -0.39 is 23.4 Å². The predicted molar refractivity (Wildman–Crippen MR) is 99.4 cm³/mol. The number of rotatable bonds is 8. The van der Waals surface area contributed by atoms with E-state index in [1.165, 1.54) is 44.4 Å². The summed E-state index contributed by atoms with van der Waals surface area (Å²) in [4.78, 5) is 45.6. The number of ketones is 1. The summed E-state index contributed by atoms with van der Waals surface area (Å²) in [7, 11) is 1.43. The van der Waals surface area contributed by atoms with Crippen LogP contribution in [0.15, 0.2) is 42.5 Å². The summed E-state index contributed by atoms with van der Waals surface area (Å²) in [6.07, 6.45) is -0.186. The molecule has 0 saturated heterocycles. The molecule has 0 aliphatic heterocycles. The van der Waals surface area contributed by atoms with E-state index in [9.17, 15) is 24.5 Å². The first-order chi connectivity index (χ1) is 13.3. The first kappa shape index (κ1) is 20.6. The third-order valence-electron chi connectivity index (χ3n) is 3.73. The third-order valence-corrected chi connectivity index (χ3v) is 3.73. The zero-order chi connectivity index (χ0) is 20.7. The Morgan fingerprint density at radius 2 is 1.89 bits per heavy atom. The molecule has 2 aromatic rings. The molecule has 1 N–H and O–H groups in total. The number of nitro benzene ring substituents is 1. The van der Waals surface area contributed by atoms with Crippen molar-refractivity contribution in [2.45, 2.75) is 13.3 Å². The SMILES string of the molecule is COc1ccc(C(C)=O)cc1CC(=O)OCC(=O)Nc1cccc([N+](=O)[O-])c1. The van der Waals surface area contributed by atoms with E-state index in [1.807, 2.05) is 0 Å². The van der Waals surface area contributed by atoms with Crippen LogP contribution in [0.5, 0.6) is 5.75 Å². The number of amides is 1. The molecular weight excluding hydrogens is 368 g/mol. The summed E-state index contributed by atoms with van der Waals surface area (Å²) in [5.74, 6) is -1.07. The van der Waals surface area contributed by atoms with Crippen molar-refractivity contribution in [3.63, 3.8) is 0 Å². The first-order valence-electron chi connectivity index (χ1n) is 8.18. The molecule has 0 unspecified atom stereocenters. The summed E-state index contributed by atoms with van der Waals surface area (Å²) in [6.45, 7) is 0.846. The number of hydrogen-bond acceptors (Lipinski definition) is 7. The predicted octanol–water partition coefficient (Wildman–Crippen LogP) is 2.53. The average molecular weight is 386 g/mol. The molecule has 0 saturated carbocycles. The summed E-state index contributed by atoms with van der Waals surface area (Å²) >= 11 is 0. The molecular formula is C19H18N2O7. The Kier molecular flexibility index (Phi) is 6.80. The number of esters is 1. The normalized spacial score (nSPS) is 10.1. The van der Waals surface area contributed by atoms with Crippen molar-refractivity contribution in [1.29, 1.82) is 0 Å². The number of ether oxygens (including phenoxy) is 2. The maximum atomic E-state index is 12.0. The van der Waals surface area contributed by atoms with Crippen molar-refractivity contribution in [2.24, 2.45) is 0 Å². The van der Waals surface area contributed by atoms with Gasteiger partial charge in [0, 0.05) is 28.9 Å². The zero-order valence-corrected chi connectivity index (χ0v) is 15.3. The van der Waals surface area contributed by atoms with Gasteiger partial charge in [0.25, 0.3) is 11.6 Å². The molecule has 28 heavy (non-hydrogen) atoms. The molecule has 0 spiro atoms. The van der Waals surface area contributed by atoms with Gasteiger partial charge < -0.3 is 14.8 Å². The van der Waals surface area contributed by atoms with Crippen LogP contribution in [0.25, 0.3) is 0 Å². The fraction of sp³-hybridized carbons (Fsp3) is 0.211. The maximum Gasteiger partial charge on any atom is 0.310 e. The molecule has 1 amide bonds. The van der Waals surface area contributed by atoms with E-state index in [0.717, 1.165) is 0 Å². The second-order valence-electron chi connectivity index (χ2n) is 5.78. The van der Waals surface area contributed by atoms with Crippen LogP contribution in [-0.4, -0.2) is 36.3 Å². The van der Waals surface area contributed by atoms with Crippen LogP contribution >= 0.6 is 0 Å². The maximum absolute atomic E-state index is 12.0. The minimum atomic E-state index is -0.687. The number of Topliss-reactive ketones (excluding diaryl/α,β-unsaturated/α-hetero) is 1. The number of hydrogen-bond donors (Lipinski definition) is 1. The zero-order valence-electron chi connectivity index (χ0n) is 15.3. The van der Waals surface area contributed by atoms with Crippen LogP contribution in [0, 0.1) is 10.1 Å². The van der Waals surface area contributed by atoms with Gasteiger partial charge in [-0.3, -0.25) is 24.5 Å². The van der Waals surface area contributed by atoms with Crippen LogP contribution in [-0.2, 0) is 20.7 Å². The fourth-order valence-electron chi connectivity index (χ4n) is 2.38. The van der Waals surface area contributed by atoms with E-state index in [1.54, 1.807) is 12.1 Å².